The number of hydrogen-bond acceptors (Lipinski definition) is 2. The highest BCUT2D eigenvalue weighted by Gasteiger charge is 2.28. The molecule has 1 aromatic carbocycles. The van der Waals surface area contributed by atoms with E-state index in [9.17, 15) is 4.79 Å². The van der Waals surface area contributed by atoms with Gasteiger partial charge in [0.2, 0.25) is 0 Å². The molecule has 0 bridgehead atoms. The molecule has 1 aromatic rings. The first-order valence-electron chi connectivity index (χ1n) is 6.23. The van der Waals surface area contributed by atoms with Gasteiger partial charge in [-0.2, -0.15) is 0 Å². The van der Waals surface area contributed by atoms with Crippen LogP contribution in [0.25, 0.3) is 6.08 Å². The summed E-state index contributed by atoms with van der Waals surface area (Å²) in [6, 6.07) is 10.2. The molecule has 0 spiro atoms. The van der Waals surface area contributed by atoms with Crippen LogP contribution in [0.15, 0.2) is 35.9 Å². The van der Waals surface area contributed by atoms with E-state index >= 15 is 0 Å². The Morgan fingerprint density at radius 1 is 1.41 bits per heavy atom. The predicted molar refractivity (Wildman–Crippen MR) is 68.4 cm³/mol. The maximum atomic E-state index is 11.8. The van der Waals surface area contributed by atoms with Crippen LogP contribution in [0.5, 0.6) is 0 Å². The maximum Gasteiger partial charge on any atom is 0.313 e. The molecular weight excluding hydrogens is 212 g/mol. The van der Waals surface area contributed by atoms with E-state index < -0.39 is 0 Å². The molecule has 0 aliphatic heterocycles. The molecule has 0 heterocycles. The largest absolute Gasteiger partial charge is 0.466 e. The van der Waals surface area contributed by atoms with Crippen LogP contribution in [-0.4, -0.2) is 12.6 Å². The van der Waals surface area contributed by atoms with E-state index in [4.69, 9.17) is 4.74 Å². The molecule has 90 valence electrons. The second-order valence-electron chi connectivity index (χ2n) is 4.33. The van der Waals surface area contributed by atoms with Crippen molar-refractivity contribution in [3.05, 3.63) is 41.5 Å². The smallest absolute Gasteiger partial charge is 0.313 e. The standard InChI is InChI=1S/C15H18O2/c1-2-17-15(16)14-10-6-9-13(14)11-12-7-4-3-5-8-12/h3-5,7-8,11,14H,2,6,9-10H2,1H3/t14-/m0/s1. The summed E-state index contributed by atoms with van der Waals surface area (Å²) in [6.45, 7) is 2.32. The third-order valence-corrected chi connectivity index (χ3v) is 3.13. The van der Waals surface area contributed by atoms with Crippen LogP contribution < -0.4 is 0 Å². The zero-order valence-corrected chi connectivity index (χ0v) is 10.2. The lowest BCUT2D eigenvalue weighted by Gasteiger charge is -2.10. The Labute approximate surface area is 102 Å². The minimum Gasteiger partial charge on any atom is -0.466 e. The first-order chi connectivity index (χ1) is 8.31. The quantitative estimate of drug-likeness (QED) is 0.743. The van der Waals surface area contributed by atoms with Gasteiger partial charge in [0.1, 0.15) is 0 Å². The molecule has 1 saturated carbocycles. The number of benzene rings is 1. The van der Waals surface area contributed by atoms with Gasteiger partial charge in [0.25, 0.3) is 0 Å². The minimum absolute atomic E-state index is 0.0184. The summed E-state index contributed by atoms with van der Waals surface area (Å²) in [5, 5.41) is 0. The molecule has 2 heteroatoms. The van der Waals surface area contributed by atoms with E-state index in [1.165, 1.54) is 11.1 Å². The molecule has 0 aromatic heterocycles. The van der Waals surface area contributed by atoms with Gasteiger partial charge < -0.3 is 4.74 Å². The van der Waals surface area contributed by atoms with Gasteiger partial charge in [-0.05, 0) is 31.7 Å². The summed E-state index contributed by atoms with van der Waals surface area (Å²) in [5.74, 6) is -0.0812. The highest BCUT2D eigenvalue weighted by atomic mass is 16.5. The average Bonchev–Trinajstić information content (AvgIpc) is 2.79. The minimum atomic E-state index is -0.0628. The monoisotopic (exact) mass is 230 g/mol. The Kier molecular flexibility index (Phi) is 3.97. The number of carbonyl (C=O) groups excluding carboxylic acids is 1. The number of esters is 1. The van der Waals surface area contributed by atoms with E-state index in [0.29, 0.717) is 6.61 Å². The lowest BCUT2D eigenvalue weighted by Crippen LogP contribution is -2.16. The summed E-state index contributed by atoms with van der Waals surface area (Å²) in [6.07, 6.45) is 5.16. The SMILES string of the molecule is CCOC(=O)[C@H]1CCCC1=Cc1ccccc1. The van der Waals surface area contributed by atoms with E-state index in [0.717, 1.165) is 19.3 Å². The fourth-order valence-corrected chi connectivity index (χ4v) is 2.32. The fourth-order valence-electron chi connectivity index (χ4n) is 2.32. The molecule has 0 radical (unpaired) electrons. The molecule has 0 N–H and O–H groups in total. The van der Waals surface area contributed by atoms with Crippen molar-refractivity contribution in [1.29, 1.82) is 0 Å². The molecule has 1 fully saturated rings. The van der Waals surface area contributed by atoms with Gasteiger partial charge in [-0.3, -0.25) is 4.79 Å². The Bertz CT molecular complexity index is 406. The van der Waals surface area contributed by atoms with Crippen LogP contribution in [0.1, 0.15) is 31.7 Å². The summed E-state index contributed by atoms with van der Waals surface area (Å²) in [4.78, 5) is 11.8. The Balaban J connectivity index is 2.14. The van der Waals surface area contributed by atoms with Crippen molar-refractivity contribution >= 4 is 12.0 Å². The van der Waals surface area contributed by atoms with Gasteiger partial charge >= 0.3 is 5.97 Å². The van der Waals surface area contributed by atoms with E-state index in [1.54, 1.807) is 0 Å². The zero-order valence-electron chi connectivity index (χ0n) is 10.2. The van der Waals surface area contributed by atoms with Crippen LogP contribution >= 0.6 is 0 Å². The molecule has 0 amide bonds. The van der Waals surface area contributed by atoms with Crippen molar-refractivity contribution < 1.29 is 9.53 Å². The van der Waals surface area contributed by atoms with Crippen LogP contribution in [0.3, 0.4) is 0 Å². The molecular formula is C15H18O2. The van der Waals surface area contributed by atoms with Gasteiger partial charge in [0.05, 0.1) is 12.5 Å². The summed E-state index contributed by atoms with van der Waals surface area (Å²) >= 11 is 0. The van der Waals surface area contributed by atoms with Crippen LogP contribution in [0.2, 0.25) is 0 Å². The van der Waals surface area contributed by atoms with Gasteiger partial charge in [-0.15, -0.1) is 0 Å². The Morgan fingerprint density at radius 2 is 2.18 bits per heavy atom. The zero-order chi connectivity index (χ0) is 12.1. The first-order valence-corrected chi connectivity index (χ1v) is 6.23. The first kappa shape index (κ1) is 11.9. The third-order valence-electron chi connectivity index (χ3n) is 3.13. The molecule has 0 saturated heterocycles. The van der Waals surface area contributed by atoms with Crippen molar-refractivity contribution in [2.45, 2.75) is 26.2 Å². The van der Waals surface area contributed by atoms with Crippen LogP contribution in [0, 0.1) is 5.92 Å². The average molecular weight is 230 g/mol. The van der Waals surface area contributed by atoms with Gasteiger partial charge in [0, 0.05) is 0 Å². The second-order valence-corrected chi connectivity index (χ2v) is 4.33. The molecule has 2 nitrogen and oxygen atoms in total. The Morgan fingerprint density at radius 3 is 2.88 bits per heavy atom. The van der Waals surface area contributed by atoms with Crippen molar-refractivity contribution in [2.75, 3.05) is 6.61 Å². The van der Waals surface area contributed by atoms with E-state index in [2.05, 4.69) is 18.2 Å². The number of rotatable bonds is 3. The van der Waals surface area contributed by atoms with Gasteiger partial charge in [-0.25, -0.2) is 0 Å². The van der Waals surface area contributed by atoms with E-state index in [1.807, 2.05) is 25.1 Å². The topological polar surface area (TPSA) is 26.3 Å². The molecule has 2 rings (SSSR count). The van der Waals surface area contributed by atoms with Crippen molar-refractivity contribution in [1.82, 2.24) is 0 Å². The lowest BCUT2D eigenvalue weighted by molar-refractivity contribution is -0.146. The lowest BCUT2D eigenvalue weighted by atomic mass is 10.0. The number of ether oxygens (including phenoxy) is 1. The highest BCUT2D eigenvalue weighted by Crippen LogP contribution is 2.33. The number of carbonyl (C=O) groups is 1. The second kappa shape index (κ2) is 5.67. The predicted octanol–water partition coefficient (Wildman–Crippen LogP) is 3.43. The molecule has 1 aliphatic carbocycles. The van der Waals surface area contributed by atoms with Crippen LogP contribution in [0.4, 0.5) is 0 Å². The van der Waals surface area contributed by atoms with Crippen molar-refractivity contribution in [3.63, 3.8) is 0 Å². The van der Waals surface area contributed by atoms with Crippen molar-refractivity contribution in [3.8, 4) is 0 Å². The maximum absolute atomic E-state index is 11.8. The molecule has 0 unspecified atom stereocenters. The fraction of sp³-hybridized carbons (Fsp3) is 0.400. The summed E-state index contributed by atoms with van der Waals surface area (Å²) in [7, 11) is 0. The van der Waals surface area contributed by atoms with Gasteiger partial charge in [0.15, 0.2) is 0 Å². The van der Waals surface area contributed by atoms with Gasteiger partial charge in [-0.1, -0.05) is 42.0 Å². The van der Waals surface area contributed by atoms with Crippen molar-refractivity contribution in [2.24, 2.45) is 5.92 Å². The molecule has 1 atom stereocenters. The molecule has 17 heavy (non-hydrogen) atoms. The summed E-state index contributed by atoms with van der Waals surface area (Å²) < 4.78 is 5.11. The molecule has 1 aliphatic rings. The van der Waals surface area contributed by atoms with E-state index in [-0.39, 0.29) is 11.9 Å². The Hall–Kier alpha value is -1.57. The third kappa shape index (κ3) is 2.96. The highest BCUT2D eigenvalue weighted by molar-refractivity contribution is 5.78. The normalized spacial score (nSPS) is 21.7. The number of hydrogen-bond donors (Lipinski definition) is 0. The van der Waals surface area contributed by atoms with Crippen LogP contribution in [-0.2, 0) is 9.53 Å². The summed E-state index contributed by atoms with van der Waals surface area (Å²) in [5.41, 5.74) is 2.38.